The van der Waals surface area contributed by atoms with E-state index < -0.39 is 5.97 Å². The van der Waals surface area contributed by atoms with Crippen LogP contribution >= 0.6 is 0 Å². The van der Waals surface area contributed by atoms with Gasteiger partial charge in [0.25, 0.3) is 0 Å². The number of ether oxygens (including phenoxy) is 2. The molecule has 7 heteroatoms. The van der Waals surface area contributed by atoms with E-state index in [4.69, 9.17) is 25.2 Å². The topological polar surface area (TPSA) is 92.3 Å². The fraction of sp³-hybridized carbons (Fsp3) is 0.292. The number of carbonyl (C=O) groups is 1. The van der Waals surface area contributed by atoms with Crippen LogP contribution < -0.4 is 5.73 Å². The second-order valence-electron chi connectivity index (χ2n) is 7.77. The molecular weight excluding hydrogens is 392 g/mol. The van der Waals surface area contributed by atoms with Gasteiger partial charge in [0.2, 0.25) is 0 Å². The summed E-state index contributed by atoms with van der Waals surface area (Å²) in [6.07, 6.45) is 2.59. The SMILES string of the molecule is Nc1c(C(=O)OC[C@@H]2CCCO2)c2nc3ccccc3nc2n1CCc1ccccc1. The number of aryl methyl sites for hydroxylation is 2. The highest BCUT2D eigenvalue weighted by molar-refractivity contribution is 6.08. The summed E-state index contributed by atoms with van der Waals surface area (Å²) in [5, 5.41) is 0. The maximum atomic E-state index is 13.0. The minimum absolute atomic E-state index is 0.0523. The number of fused-ring (bicyclic) bond motifs is 2. The Balaban J connectivity index is 1.53. The van der Waals surface area contributed by atoms with Gasteiger partial charge in [-0.1, -0.05) is 42.5 Å². The summed E-state index contributed by atoms with van der Waals surface area (Å²) in [7, 11) is 0. The van der Waals surface area contributed by atoms with Crippen molar-refractivity contribution in [3.8, 4) is 0 Å². The van der Waals surface area contributed by atoms with Crippen LogP contribution in [-0.2, 0) is 22.4 Å². The van der Waals surface area contributed by atoms with E-state index in [-0.39, 0.29) is 18.3 Å². The van der Waals surface area contributed by atoms with Crippen molar-refractivity contribution >= 4 is 34.0 Å². The molecule has 0 bridgehead atoms. The lowest BCUT2D eigenvalue weighted by atomic mass is 10.1. The van der Waals surface area contributed by atoms with Crippen LogP contribution in [0.1, 0.15) is 28.8 Å². The molecule has 3 heterocycles. The van der Waals surface area contributed by atoms with E-state index in [2.05, 4.69) is 12.1 Å². The van der Waals surface area contributed by atoms with Crippen LogP contribution in [0.5, 0.6) is 0 Å². The third-order valence-electron chi connectivity index (χ3n) is 5.69. The van der Waals surface area contributed by atoms with Gasteiger partial charge in [-0.2, -0.15) is 0 Å². The molecular formula is C24H24N4O3. The highest BCUT2D eigenvalue weighted by atomic mass is 16.6. The molecule has 1 aliphatic heterocycles. The summed E-state index contributed by atoms with van der Waals surface area (Å²) in [6, 6.07) is 17.7. The predicted octanol–water partition coefficient (Wildman–Crippen LogP) is 3.75. The van der Waals surface area contributed by atoms with Gasteiger partial charge in [-0.3, -0.25) is 0 Å². The van der Waals surface area contributed by atoms with E-state index in [1.54, 1.807) is 0 Å². The van der Waals surface area contributed by atoms with Crippen molar-refractivity contribution in [2.75, 3.05) is 18.9 Å². The van der Waals surface area contributed by atoms with Gasteiger partial charge in [0.1, 0.15) is 23.5 Å². The van der Waals surface area contributed by atoms with Crippen molar-refractivity contribution in [1.82, 2.24) is 14.5 Å². The van der Waals surface area contributed by atoms with Gasteiger partial charge >= 0.3 is 5.97 Å². The summed E-state index contributed by atoms with van der Waals surface area (Å²) in [5.41, 5.74) is 10.5. The Labute approximate surface area is 179 Å². The molecule has 0 radical (unpaired) electrons. The number of nitrogen functional groups attached to an aromatic ring is 1. The van der Waals surface area contributed by atoms with Gasteiger partial charge in [0.05, 0.1) is 17.1 Å². The number of rotatable bonds is 6. The number of nitrogens with zero attached hydrogens (tertiary/aromatic N) is 3. The second-order valence-corrected chi connectivity index (χ2v) is 7.77. The Bertz CT molecular complexity index is 1230. The Morgan fingerprint density at radius 1 is 1.10 bits per heavy atom. The van der Waals surface area contributed by atoms with E-state index in [9.17, 15) is 4.79 Å². The van der Waals surface area contributed by atoms with Gasteiger partial charge in [-0.05, 0) is 37.0 Å². The summed E-state index contributed by atoms with van der Waals surface area (Å²) < 4.78 is 13.0. The number of esters is 1. The molecule has 5 rings (SSSR count). The van der Waals surface area contributed by atoms with Gasteiger partial charge in [0.15, 0.2) is 5.65 Å². The van der Waals surface area contributed by atoms with Crippen LogP contribution in [0, 0.1) is 0 Å². The first-order valence-electron chi connectivity index (χ1n) is 10.6. The van der Waals surface area contributed by atoms with E-state index in [1.165, 1.54) is 5.56 Å². The number of para-hydroxylation sites is 2. The van der Waals surface area contributed by atoms with Crippen molar-refractivity contribution in [3.05, 3.63) is 65.7 Å². The first kappa shape index (κ1) is 19.5. The molecule has 2 aromatic heterocycles. The Morgan fingerprint density at radius 3 is 2.58 bits per heavy atom. The van der Waals surface area contributed by atoms with Crippen LogP contribution in [0.2, 0.25) is 0 Å². The quantitative estimate of drug-likeness (QED) is 0.481. The number of hydrogen-bond acceptors (Lipinski definition) is 6. The number of nitrogens with two attached hydrogens (primary N) is 1. The highest BCUT2D eigenvalue weighted by Gasteiger charge is 2.26. The maximum absolute atomic E-state index is 13.0. The predicted molar refractivity (Wildman–Crippen MR) is 119 cm³/mol. The molecule has 1 atom stereocenters. The first-order chi connectivity index (χ1) is 15.2. The highest BCUT2D eigenvalue weighted by Crippen LogP contribution is 2.29. The van der Waals surface area contributed by atoms with Crippen molar-refractivity contribution in [1.29, 1.82) is 0 Å². The summed E-state index contributed by atoms with van der Waals surface area (Å²) in [4.78, 5) is 22.5. The molecule has 0 amide bonds. The van der Waals surface area contributed by atoms with Gasteiger partial charge < -0.3 is 19.8 Å². The molecule has 2 N–H and O–H groups in total. The van der Waals surface area contributed by atoms with Crippen LogP contribution in [0.25, 0.3) is 22.2 Å². The maximum Gasteiger partial charge on any atom is 0.344 e. The standard InChI is InChI=1S/C24H24N4O3/c25-22-20(24(29)31-15-17-9-6-14-30-17)21-23(27-19-11-5-4-10-18(19)26-21)28(22)13-12-16-7-2-1-3-8-16/h1-5,7-8,10-11,17H,6,9,12-15,25H2/t17-/m0/s1. The molecule has 158 valence electrons. The number of benzene rings is 2. The van der Waals surface area contributed by atoms with Crippen LogP contribution in [0.4, 0.5) is 5.82 Å². The van der Waals surface area contributed by atoms with Gasteiger partial charge in [-0.25, -0.2) is 14.8 Å². The zero-order valence-electron chi connectivity index (χ0n) is 17.2. The molecule has 0 aliphatic carbocycles. The van der Waals surface area contributed by atoms with Crippen LogP contribution in [0.3, 0.4) is 0 Å². The minimum atomic E-state index is -0.485. The molecule has 31 heavy (non-hydrogen) atoms. The van der Waals surface area contributed by atoms with E-state index >= 15 is 0 Å². The van der Waals surface area contributed by atoms with Crippen LogP contribution in [0.15, 0.2) is 54.6 Å². The number of aromatic nitrogens is 3. The molecule has 2 aromatic carbocycles. The Hall–Kier alpha value is -3.45. The summed E-state index contributed by atoms with van der Waals surface area (Å²) >= 11 is 0. The van der Waals surface area contributed by atoms with Crippen molar-refractivity contribution in [2.24, 2.45) is 0 Å². The average molecular weight is 416 g/mol. The second kappa shape index (κ2) is 8.35. The molecule has 4 aromatic rings. The molecule has 0 saturated carbocycles. The molecule has 1 fully saturated rings. The van der Waals surface area contributed by atoms with E-state index in [1.807, 2.05) is 47.0 Å². The fourth-order valence-electron chi connectivity index (χ4n) is 4.05. The van der Waals surface area contributed by atoms with E-state index in [0.717, 1.165) is 24.8 Å². The zero-order chi connectivity index (χ0) is 21.2. The lowest BCUT2D eigenvalue weighted by Gasteiger charge is -2.10. The van der Waals surface area contributed by atoms with E-state index in [0.29, 0.717) is 35.7 Å². The third-order valence-corrected chi connectivity index (χ3v) is 5.69. The minimum Gasteiger partial charge on any atom is -0.459 e. The summed E-state index contributed by atoms with van der Waals surface area (Å²) in [5.74, 6) is -0.153. The summed E-state index contributed by atoms with van der Waals surface area (Å²) in [6.45, 7) is 1.51. The Morgan fingerprint density at radius 2 is 1.84 bits per heavy atom. The zero-order valence-corrected chi connectivity index (χ0v) is 17.2. The Kier molecular flexibility index (Phi) is 5.26. The molecule has 0 unspecified atom stereocenters. The molecule has 0 spiro atoms. The number of carbonyl (C=O) groups excluding carboxylic acids is 1. The van der Waals surface area contributed by atoms with Gasteiger partial charge in [0, 0.05) is 13.2 Å². The fourth-order valence-corrected chi connectivity index (χ4v) is 4.05. The lowest BCUT2D eigenvalue weighted by molar-refractivity contribution is 0.0163. The third kappa shape index (κ3) is 3.84. The lowest BCUT2D eigenvalue weighted by Crippen LogP contribution is -2.18. The first-order valence-corrected chi connectivity index (χ1v) is 10.6. The van der Waals surface area contributed by atoms with Gasteiger partial charge in [-0.15, -0.1) is 0 Å². The van der Waals surface area contributed by atoms with Crippen LogP contribution in [-0.4, -0.2) is 39.8 Å². The normalized spacial score (nSPS) is 16.2. The molecule has 7 nitrogen and oxygen atoms in total. The monoisotopic (exact) mass is 416 g/mol. The molecule has 1 saturated heterocycles. The smallest absolute Gasteiger partial charge is 0.344 e. The average Bonchev–Trinajstić information content (AvgIpc) is 3.41. The van der Waals surface area contributed by atoms with Crippen molar-refractivity contribution < 1.29 is 14.3 Å². The number of hydrogen-bond donors (Lipinski definition) is 1. The number of anilines is 1. The van der Waals surface area contributed by atoms with Crippen molar-refractivity contribution in [3.63, 3.8) is 0 Å². The molecule has 1 aliphatic rings. The largest absolute Gasteiger partial charge is 0.459 e. The van der Waals surface area contributed by atoms with Crippen molar-refractivity contribution in [2.45, 2.75) is 31.9 Å².